The number of nitro groups is 1. The fourth-order valence-corrected chi connectivity index (χ4v) is 3.54. The lowest BCUT2D eigenvalue weighted by atomic mass is 9.96. The molecule has 152 valence electrons. The average molecular weight is 420 g/mol. The van der Waals surface area contributed by atoms with Gasteiger partial charge in [0.25, 0.3) is 17.5 Å². The lowest BCUT2D eigenvalue weighted by Gasteiger charge is -2.32. The Kier molecular flexibility index (Phi) is 6.43. The van der Waals surface area contributed by atoms with Crippen molar-refractivity contribution in [2.75, 3.05) is 19.6 Å². The summed E-state index contributed by atoms with van der Waals surface area (Å²) in [5.41, 5.74) is 0.0509. The first-order chi connectivity index (χ1) is 13.9. The first-order valence-electron chi connectivity index (χ1n) is 9.12. The van der Waals surface area contributed by atoms with Crippen molar-refractivity contribution in [2.45, 2.75) is 12.8 Å². The summed E-state index contributed by atoms with van der Waals surface area (Å²) in [7, 11) is 0. The van der Waals surface area contributed by atoms with E-state index in [-0.39, 0.29) is 33.7 Å². The van der Waals surface area contributed by atoms with Crippen molar-refractivity contribution in [3.8, 4) is 0 Å². The molecular formula is C20H19ClFN3O4. The molecule has 7 nitrogen and oxygen atoms in total. The molecule has 3 rings (SSSR count). The third-order valence-corrected chi connectivity index (χ3v) is 5.28. The van der Waals surface area contributed by atoms with Crippen LogP contribution in [-0.2, 0) is 0 Å². The van der Waals surface area contributed by atoms with Crippen molar-refractivity contribution in [3.05, 3.63) is 74.5 Å². The molecular weight excluding hydrogens is 401 g/mol. The summed E-state index contributed by atoms with van der Waals surface area (Å²) >= 11 is 5.97. The van der Waals surface area contributed by atoms with E-state index in [9.17, 15) is 24.1 Å². The van der Waals surface area contributed by atoms with Crippen molar-refractivity contribution in [1.82, 2.24) is 10.2 Å². The Bertz CT molecular complexity index is 945. The number of rotatable bonds is 5. The van der Waals surface area contributed by atoms with Gasteiger partial charge in [-0.05, 0) is 37.0 Å². The molecule has 0 saturated carbocycles. The van der Waals surface area contributed by atoms with Gasteiger partial charge in [-0.1, -0.05) is 23.7 Å². The zero-order valence-electron chi connectivity index (χ0n) is 15.4. The van der Waals surface area contributed by atoms with Crippen molar-refractivity contribution in [2.24, 2.45) is 5.92 Å². The van der Waals surface area contributed by atoms with Crippen LogP contribution in [0, 0.1) is 21.8 Å². The van der Waals surface area contributed by atoms with Gasteiger partial charge in [-0.15, -0.1) is 0 Å². The molecule has 1 aliphatic heterocycles. The second-order valence-electron chi connectivity index (χ2n) is 6.85. The number of carbonyl (C=O) groups excluding carboxylic acids is 2. The molecule has 9 heteroatoms. The van der Waals surface area contributed by atoms with E-state index in [0.717, 1.165) is 6.07 Å². The second-order valence-corrected chi connectivity index (χ2v) is 7.25. The Morgan fingerprint density at radius 3 is 2.48 bits per heavy atom. The highest BCUT2D eigenvalue weighted by Crippen LogP contribution is 2.23. The maximum absolute atomic E-state index is 13.8. The summed E-state index contributed by atoms with van der Waals surface area (Å²) in [6, 6.07) is 9.60. The van der Waals surface area contributed by atoms with Crippen molar-refractivity contribution in [1.29, 1.82) is 0 Å². The van der Waals surface area contributed by atoms with E-state index in [1.165, 1.54) is 30.3 Å². The maximum Gasteiger partial charge on any atom is 0.270 e. The van der Waals surface area contributed by atoms with Crippen LogP contribution in [0.5, 0.6) is 0 Å². The minimum atomic E-state index is -0.579. The number of nitro benzene ring substituents is 1. The number of piperidine rings is 1. The lowest BCUT2D eigenvalue weighted by molar-refractivity contribution is -0.384. The van der Waals surface area contributed by atoms with Gasteiger partial charge in [0.2, 0.25) is 0 Å². The van der Waals surface area contributed by atoms with Gasteiger partial charge in [-0.3, -0.25) is 19.7 Å². The molecule has 2 aromatic carbocycles. The molecule has 0 radical (unpaired) electrons. The van der Waals surface area contributed by atoms with Crippen molar-refractivity contribution >= 4 is 29.1 Å². The zero-order valence-corrected chi connectivity index (χ0v) is 16.2. The minimum Gasteiger partial charge on any atom is -0.352 e. The van der Waals surface area contributed by atoms with Gasteiger partial charge in [-0.25, -0.2) is 4.39 Å². The number of hydrogen-bond acceptors (Lipinski definition) is 4. The monoisotopic (exact) mass is 419 g/mol. The van der Waals surface area contributed by atoms with Gasteiger partial charge in [0.1, 0.15) is 5.82 Å². The predicted octanol–water partition coefficient (Wildman–Crippen LogP) is 3.67. The summed E-state index contributed by atoms with van der Waals surface area (Å²) in [5.74, 6) is -1.11. The summed E-state index contributed by atoms with van der Waals surface area (Å²) in [6.07, 6.45) is 1.35. The standard InChI is InChI=1S/C20H19ClFN3O4/c21-17-11-14(25(28)29)5-6-15(17)19(26)23-12-13-7-9-24(10-8-13)20(27)16-3-1-2-4-18(16)22/h1-6,11,13H,7-10,12H2,(H,23,26). The van der Waals surface area contributed by atoms with Gasteiger partial charge < -0.3 is 10.2 Å². The first-order valence-corrected chi connectivity index (χ1v) is 9.50. The molecule has 0 aliphatic carbocycles. The molecule has 1 fully saturated rings. The quantitative estimate of drug-likeness (QED) is 0.591. The van der Waals surface area contributed by atoms with E-state index < -0.39 is 16.6 Å². The number of carbonyl (C=O) groups is 2. The molecule has 0 aromatic heterocycles. The van der Waals surface area contributed by atoms with Gasteiger partial charge in [-0.2, -0.15) is 0 Å². The molecule has 0 atom stereocenters. The Hall–Kier alpha value is -3.00. The summed E-state index contributed by atoms with van der Waals surface area (Å²) in [5, 5.41) is 13.5. The van der Waals surface area contributed by atoms with E-state index in [0.29, 0.717) is 32.5 Å². The number of amides is 2. The molecule has 2 amide bonds. The van der Waals surface area contributed by atoms with Crippen LogP contribution in [0.15, 0.2) is 42.5 Å². The molecule has 1 saturated heterocycles. The van der Waals surface area contributed by atoms with Gasteiger partial charge in [0, 0.05) is 31.8 Å². The molecule has 2 aromatic rings. The third kappa shape index (κ3) is 4.89. The number of likely N-dealkylation sites (tertiary alicyclic amines) is 1. The zero-order chi connectivity index (χ0) is 21.0. The smallest absolute Gasteiger partial charge is 0.270 e. The molecule has 1 heterocycles. The van der Waals surface area contributed by atoms with Crippen LogP contribution in [0.1, 0.15) is 33.6 Å². The Morgan fingerprint density at radius 1 is 1.17 bits per heavy atom. The fraction of sp³-hybridized carbons (Fsp3) is 0.300. The summed E-state index contributed by atoms with van der Waals surface area (Å²) in [6.45, 7) is 1.35. The number of hydrogen-bond donors (Lipinski definition) is 1. The molecule has 1 aliphatic rings. The number of benzene rings is 2. The number of nitrogens with zero attached hydrogens (tertiary/aromatic N) is 2. The summed E-state index contributed by atoms with van der Waals surface area (Å²) < 4.78 is 13.8. The minimum absolute atomic E-state index is 0.0157. The topological polar surface area (TPSA) is 92.6 Å². The molecule has 29 heavy (non-hydrogen) atoms. The highest BCUT2D eigenvalue weighted by atomic mass is 35.5. The van der Waals surface area contributed by atoms with E-state index in [2.05, 4.69) is 5.32 Å². The molecule has 0 unspecified atom stereocenters. The predicted molar refractivity (Wildman–Crippen MR) is 105 cm³/mol. The van der Waals surface area contributed by atoms with Gasteiger partial charge in [0.05, 0.1) is 21.1 Å². The van der Waals surface area contributed by atoms with Gasteiger partial charge in [0.15, 0.2) is 0 Å². The Labute approximate surface area is 171 Å². The SMILES string of the molecule is O=C(NCC1CCN(C(=O)c2ccccc2F)CC1)c1ccc([N+](=O)[O-])cc1Cl. The van der Waals surface area contributed by atoms with Crippen LogP contribution >= 0.6 is 11.6 Å². The van der Waals surface area contributed by atoms with E-state index in [4.69, 9.17) is 11.6 Å². The van der Waals surface area contributed by atoms with E-state index >= 15 is 0 Å². The van der Waals surface area contributed by atoms with Crippen LogP contribution in [0.2, 0.25) is 5.02 Å². The van der Waals surface area contributed by atoms with Crippen LogP contribution < -0.4 is 5.32 Å². The Balaban J connectivity index is 1.51. The highest BCUT2D eigenvalue weighted by molar-refractivity contribution is 6.34. The summed E-state index contributed by atoms with van der Waals surface area (Å²) in [4.78, 5) is 36.5. The van der Waals surface area contributed by atoms with Crippen molar-refractivity contribution < 1.29 is 18.9 Å². The van der Waals surface area contributed by atoms with E-state index in [1.54, 1.807) is 11.0 Å². The average Bonchev–Trinajstić information content (AvgIpc) is 2.72. The Morgan fingerprint density at radius 2 is 1.86 bits per heavy atom. The third-order valence-electron chi connectivity index (χ3n) is 4.97. The first kappa shape index (κ1) is 20.7. The van der Waals surface area contributed by atoms with E-state index in [1.807, 2.05) is 0 Å². The maximum atomic E-state index is 13.8. The second kappa shape index (κ2) is 9.00. The van der Waals surface area contributed by atoms with Crippen LogP contribution in [0.25, 0.3) is 0 Å². The normalized spacial score (nSPS) is 14.5. The molecule has 0 bridgehead atoms. The largest absolute Gasteiger partial charge is 0.352 e. The lowest BCUT2D eigenvalue weighted by Crippen LogP contribution is -2.41. The van der Waals surface area contributed by atoms with Gasteiger partial charge >= 0.3 is 0 Å². The number of non-ortho nitro benzene ring substituents is 1. The number of nitrogens with one attached hydrogen (secondary N) is 1. The van der Waals surface area contributed by atoms with Crippen LogP contribution in [0.3, 0.4) is 0 Å². The van der Waals surface area contributed by atoms with Crippen molar-refractivity contribution in [3.63, 3.8) is 0 Å². The van der Waals surface area contributed by atoms with Crippen LogP contribution in [-0.4, -0.2) is 41.3 Å². The fourth-order valence-electron chi connectivity index (χ4n) is 3.28. The molecule has 0 spiro atoms. The number of halogens is 2. The highest BCUT2D eigenvalue weighted by Gasteiger charge is 2.25. The molecule has 1 N–H and O–H groups in total. The van der Waals surface area contributed by atoms with Crippen LogP contribution in [0.4, 0.5) is 10.1 Å².